The number of methoxy groups -OCH3 is 2. The summed E-state index contributed by atoms with van der Waals surface area (Å²) in [5, 5.41) is 3.38. The Morgan fingerprint density at radius 3 is 2.44 bits per heavy atom. The van der Waals surface area contributed by atoms with E-state index in [1.807, 2.05) is 0 Å². The number of carbonyl (C=O) groups excluding carboxylic acids is 3. The highest BCUT2D eigenvalue weighted by molar-refractivity contribution is 7.99. The van der Waals surface area contributed by atoms with Crippen LogP contribution in [0.25, 0.3) is 10.2 Å². The number of amides is 1. The Morgan fingerprint density at radius 1 is 1.09 bits per heavy atom. The van der Waals surface area contributed by atoms with Gasteiger partial charge in [0.1, 0.15) is 10.7 Å². The van der Waals surface area contributed by atoms with Gasteiger partial charge in [-0.25, -0.2) is 14.6 Å². The molecule has 0 saturated carbocycles. The first-order valence-electron chi connectivity index (χ1n) is 10.6. The zero-order valence-electron chi connectivity index (χ0n) is 18.7. The first-order chi connectivity index (χ1) is 16.4. The number of hydrogen-bond donors (Lipinski definition) is 2. The number of aromatic amines is 1. The minimum Gasteiger partial charge on any atom is -0.465 e. The molecule has 0 saturated heterocycles. The van der Waals surface area contributed by atoms with Gasteiger partial charge in [-0.3, -0.25) is 9.59 Å². The van der Waals surface area contributed by atoms with Crippen LogP contribution in [0.15, 0.2) is 23.0 Å². The van der Waals surface area contributed by atoms with Crippen LogP contribution in [0.4, 0.5) is 5.69 Å². The van der Waals surface area contributed by atoms with Crippen molar-refractivity contribution in [3.8, 4) is 0 Å². The van der Waals surface area contributed by atoms with Gasteiger partial charge in [0.05, 0.1) is 42.2 Å². The van der Waals surface area contributed by atoms with E-state index < -0.39 is 11.9 Å². The van der Waals surface area contributed by atoms with Crippen molar-refractivity contribution < 1.29 is 23.9 Å². The number of rotatable bonds is 7. The first-order valence-corrected chi connectivity index (χ1v) is 12.6. The third-order valence-corrected chi connectivity index (χ3v) is 7.53. The Kier molecular flexibility index (Phi) is 7.32. The molecule has 0 radical (unpaired) electrons. The van der Waals surface area contributed by atoms with Crippen LogP contribution < -0.4 is 10.9 Å². The number of nitrogens with zero attached hydrogens (tertiary/aromatic N) is 1. The molecule has 1 aliphatic rings. The van der Waals surface area contributed by atoms with Crippen molar-refractivity contribution in [3.05, 3.63) is 55.9 Å². The molecule has 1 aromatic carbocycles. The van der Waals surface area contributed by atoms with Crippen molar-refractivity contribution in [3.63, 3.8) is 0 Å². The second-order valence-corrected chi connectivity index (χ2v) is 9.80. The number of H-pyrrole nitrogens is 1. The number of aryl methyl sites for hydroxylation is 2. The van der Waals surface area contributed by atoms with E-state index in [2.05, 4.69) is 15.3 Å². The predicted molar refractivity (Wildman–Crippen MR) is 131 cm³/mol. The van der Waals surface area contributed by atoms with Gasteiger partial charge < -0.3 is 19.8 Å². The van der Waals surface area contributed by atoms with Crippen molar-refractivity contribution in [1.82, 2.24) is 9.97 Å². The van der Waals surface area contributed by atoms with Crippen LogP contribution in [-0.4, -0.2) is 47.8 Å². The second-order valence-electron chi connectivity index (χ2n) is 7.73. The Morgan fingerprint density at radius 2 is 1.76 bits per heavy atom. The summed E-state index contributed by atoms with van der Waals surface area (Å²) in [6.45, 7) is 0. The average molecular weight is 502 g/mol. The molecule has 9 nitrogen and oxygen atoms in total. The van der Waals surface area contributed by atoms with Crippen molar-refractivity contribution in [2.75, 3.05) is 25.3 Å². The molecule has 4 rings (SSSR count). The van der Waals surface area contributed by atoms with Crippen molar-refractivity contribution in [2.24, 2.45) is 0 Å². The number of anilines is 1. The SMILES string of the molecule is COC(=O)c1cc(NC(=O)CSCc2nc3sc4c(c3c(=O)[nH]2)CCCC4)cc(C(=O)OC)c1. The van der Waals surface area contributed by atoms with Gasteiger partial charge in [0.25, 0.3) is 5.56 Å². The highest BCUT2D eigenvalue weighted by atomic mass is 32.2. The number of ether oxygens (including phenoxy) is 2. The van der Waals surface area contributed by atoms with Gasteiger partial charge >= 0.3 is 11.9 Å². The maximum absolute atomic E-state index is 12.6. The lowest BCUT2D eigenvalue weighted by atomic mass is 9.97. The summed E-state index contributed by atoms with van der Waals surface area (Å²) >= 11 is 2.88. The number of thioether (sulfide) groups is 1. The quantitative estimate of drug-likeness (QED) is 0.472. The van der Waals surface area contributed by atoms with Crippen molar-refractivity contribution in [2.45, 2.75) is 31.4 Å². The summed E-state index contributed by atoms with van der Waals surface area (Å²) in [5.74, 6) is -0.657. The molecule has 0 aliphatic heterocycles. The molecule has 3 aromatic rings. The van der Waals surface area contributed by atoms with E-state index in [-0.39, 0.29) is 34.0 Å². The lowest BCUT2D eigenvalue weighted by Gasteiger charge is -2.10. The minimum absolute atomic E-state index is 0.0820. The normalized spacial score (nSPS) is 12.8. The van der Waals surface area contributed by atoms with Gasteiger partial charge in [-0.1, -0.05) is 0 Å². The number of aromatic nitrogens is 2. The molecule has 1 aliphatic carbocycles. The second kappa shape index (κ2) is 10.4. The Bertz CT molecular complexity index is 1300. The molecule has 178 valence electrons. The highest BCUT2D eigenvalue weighted by Crippen LogP contribution is 2.33. The smallest absolute Gasteiger partial charge is 0.337 e. The molecule has 34 heavy (non-hydrogen) atoms. The number of esters is 2. The fraction of sp³-hybridized carbons (Fsp3) is 0.348. The zero-order chi connectivity index (χ0) is 24.2. The van der Waals surface area contributed by atoms with Crippen LogP contribution in [0, 0.1) is 0 Å². The Labute approximate surface area is 203 Å². The van der Waals surface area contributed by atoms with Gasteiger partial charge in [0.15, 0.2) is 0 Å². The summed E-state index contributed by atoms with van der Waals surface area (Å²) in [5.41, 5.74) is 1.51. The number of thiophene rings is 1. The van der Waals surface area contributed by atoms with Gasteiger partial charge in [0, 0.05) is 10.6 Å². The van der Waals surface area contributed by atoms with Crippen LogP contribution in [0.3, 0.4) is 0 Å². The lowest BCUT2D eigenvalue weighted by molar-refractivity contribution is -0.113. The molecule has 0 spiro atoms. The largest absolute Gasteiger partial charge is 0.465 e. The number of benzene rings is 1. The number of hydrogen-bond acceptors (Lipinski definition) is 9. The van der Waals surface area contributed by atoms with E-state index in [0.29, 0.717) is 17.0 Å². The third kappa shape index (κ3) is 5.15. The standard InChI is InChI=1S/C23H23N3O6S2/c1-31-22(29)12-7-13(23(30)32-2)9-14(8-12)24-18(27)11-33-10-17-25-20(28)19-15-5-3-4-6-16(15)34-21(19)26-17/h7-9H,3-6,10-11H2,1-2H3,(H,24,27)(H,25,26,28). The molecular formula is C23H23N3O6S2. The molecule has 0 unspecified atom stereocenters. The van der Waals surface area contributed by atoms with Crippen LogP contribution >= 0.6 is 23.1 Å². The lowest BCUT2D eigenvalue weighted by Crippen LogP contribution is -2.17. The predicted octanol–water partition coefficient (Wildman–Crippen LogP) is 3.31. The van der Waals surface area contributed by atoms with Crippen molar-refractivity contribution >= 4 is 56.8 Å². The maximum Gasteiger partial charge on any atom is 0.337 e. The van der Waals surface area contributed by atoms with Crippen LogP contribution in [-0.2, 0) is 32.9 Å². The van der Waals surface area contributed by atoms with Gasteiger partial charge in [-0.15, -0.1) is 23.1 Å². The summed E-state index contributed by atoms with van der Waals surface area (Å²) in [7, 11) is 2.45. The molecule has 2 heterocycles. The minimum atomic E-state index is -0.642. The van der Waals surface area contributed by atoms with Gasteiger partial charge in [-0.2, -0.15) is 0 Å². The van der Waals surface area contributed by atoms with Gasteiger partial charge in [0.2, 0.25) is 5.91 Å². The summed E-state index contributed by atoms with van der Waals surface area (Å²) < 4.78 is 9.40. The fourth-order valence-corrected chi connectivity index (χ4v) is 5.86. The van der Waals surface area contributed by atoms with E-state index in [0.717, 1.165) is 36.1 Å². The monoisotopic (exact) mass is 501 g/mol. The number of fused-ring (bicyclic) bond motifs is 3. The molecule has 11 heteroatoms. The third-order valence-electron chi connectivity index (χ3n) is 5.41. The van der Waals surface area contributed by atoms with Crippen LogP contribution in [0.1, 0.15) is 49.8 Å². The average Bonchev–Trinajstić information content (AvgIpc) is 3.21. The highest BCUT2D eigenvalue weighted by Gasteiger charge is 2.20. The van der Waals surface area contributed by atoms with E-state index in [9.17, 15) is 19.2 Å². The molecular weight excluding hydrogens is 478 g/mol. The fourth-order valence-electron chi connectivity index (χ4n) is 3.89. The van der Waals surface area contributed by atoms with Crippen LogP contribution in [0.5, 0.6) is 0 Å². The van der Waals surface area contributed by atoms with Crippen molar-refractivity contribution in [1.29, 1.82) is 0 Å². The zero-order valence-corrected chi connectivity index (χ0v) is 20.3. The van der Waals surface area contributed by atoms with Crippen LogP contribution in [0.2, 0.25) is 0 Å². The first kappa shape index (κ1) is 24.0. The molecule has 0 bridgehead atoms. The van der Waals surface area contributed by atoms with E-state index in [4.69, 9.17) is 9.47 Å². The Balaban J connectivity index is 1.42. The van der Waals surface area contributed by atoms with Gasteiger partial charge in [-0.05, 0) is 49.4 Å². The van der Waals surface area contributed by atoms with E-state index in [1.54, 1.807) is 11.3 Å². The Hall–Kier alpha value is -3.18. The molecule has 1 amide bonds. The summed E-state index contributed by atoms with van der Waals surface area (Å²) in [6, 6.07) is 4.18. The topological polar surface area (TPSA) is 127 Å². The van der Waals surface area contributed by atoms with E-state index >= 15 is 0 Å². The maximum atomic E-state index is 12.6. The molecule has 2 aromatic heterocycles. The number of carbonyl (C=O) groups is 3. The number of nitrogens with one attached hydrogen (secondary N) is 2. The molecule has 0 atom stereocenters. The summed E-state index contributed by atoms with van der Waals surface area (Å²) in [4.78, 5) is 58.4. The molecule has 0 fully saturated rings. The molecule has 2 N–H and O–H groups in total. The van der Waals surface area contributed by atoms with E-state index in [1.165, 1.54) is 49.1 Å². The summed E-state index contributed by atoms with van der Waals surface area (Å²) in [6.07, 6.45) is 4.14.